The normalized spacial score (nSPS) is 16.5. The van der Waals surface area contributed by atoms with Crippen LogP contribution in [0.3, 0.4) is 0 Å². The second-order valence-electron chi connectivity index (χ2n) is 4.88. The average Bonchev–Trinajstić information content (AvgIpc) is 2.34. The van der Waals surface area contributed by atoms with Crippen LogP contribution in [-0.4, -0.2) is 21.5 Å². The van der Waals surface area contributed by atoms with Crippen LogP contribution in [-0.2, 0) is 11.3 Å². The van der Waals surface area contributed by atoms with E-state index < -0.39 is 0 Å². The molecule has 1 fully saturated rings. The number of hydrogen-bond donors (Lipinski definition) is 1. The van der Waals surface area contributed by atoms with Gasteiger partial charge in [0.2, 0.25) is 5.91 Å². The molecule has 1 aliphatic rings. The third-order valence-corrected chi connectivity index (χ3v) is 3.30. The first-order valence-electron chi connectivity index (χ1n) is 6.48. The first kappa shape index (κ1) is 12.8. The third-order valence-electron chi connectivity index (χ3n) is 3.30. The van der Waals surface area contributed by atoms with Gasteiger partial charge < -0.3 is 5.32 Å². The van der Waals surface area contributed by atoms with E-state index in [1.54, 1.807) is 19.2 Å². The molecule has 0 atom stereocenters. The molecule has 1 aromatic heterocycles. The molecular formula is C13H19N3O2. The Morgan fingerprint density at radius 3 is 2.83 bits per heavy atom. The fourth-order valence-corrected chi connectivity index (χ4v) is 2.31. The topological polar surface area (TPSA) is 64.0 Å². The molecule has 2 rings (SSSR count). The van der Waals surface area contributed by atoms with Crippen molar-refractivity contribution in [2.75, 3.05) is 0 Å². The third kappa shape index (κ3) is 3.42. The Kier molecular flexibility index (Phi) is 4.12. The van der Waals surface area contributed by atoms with Crippen LogP contribution < -0.4 is 11.0 Å². The van der Waals surface area contributed by atoms with Crippen molar-refractivity contribution in [1.82, 2.24) is 14.9 Å². The minimum absolute atomic E-state index is 0.0581. The highest BCUT2D eigenvalue weighted by Crippen LogP contribution is 2.17. The second-order valence-corrected chi connectivity index (χ2v) is 4.88. The summed E-state index contributed by atoms with van der Waals surface area (Å²) < 4.78 is 1.34. The van der Waals surface area contributed by atoms with Crippen LogP contribution in [0.4, 0.5) is 0 Å². The molecule has 0 saturated heterocycles. The van der Waals surface area contributed by atoms with Gasteiger partial charge in [0.15, 0.2) is 0 Å². The zero-order valence-electron chi connectivity index (χ0n) is 10.7. The number of nitrogens with zero attached hydrogens (tertiary/aromatic N) is 2. The maximum atomic E-state index is 11.8. The number of carbonyl (C=O) groups is 1. The summed E-state index contributed by atoms with van der Waals surface area (Å²) in [4.78, 5) is 27.2. The van der Waals surface area contributed by atoms with Crippen LogP contribution >= 0.6 is 0 Å². The van der Waals surface area contributed by atoms with Gasteiger partial charge in [0, 0.05) is 17.9 Å². The molecule has 18 heavy (non-hydrogen) atoms. The minimum Gasteiger partial charge on any atom is -0.352 e. The van der Waals surface area contributed by atoms with Gasteiger partial charge in [0.1, 0.15) is 6.54 Å². The molecule has 0 bridgehead atoms. The molecule has 0 radical (unpaired) electrons. The number of aryl methyl sites for hydroxylation is 1. The molecule has 0 aromatic carbocycles. The first-order chi connectivity index (χ1) is 8.65. The number of hydrogen-bond acceptors (Lipinski definition) is 3. The monoisotopic (exact) mass is 249 g/mol. The van der Waals surface area contributed by atoms with Gasteiger partial charge >= 0.3 is 5.69 Å². The lowest BCUT2D eigenvalue weighted by molar-refractivity contribution is -0.122. The second kappa shape index (κ2) is 5.80. The van der Waals surface area contributed by atoms with E-state index in [9.17, 15) is 9.59 Å². The van der Waals surface area contributed by atoms with Crippen LogP contribution in [0.1, 0.15) is 37.8 Å². The quantitative estimate of drug-likeness (QED) is 0.869. The molecule has 0 spiro atoms. The Hall–Kier alpha value is -1.65. The highest BCUT2D eigenvalue weighted by molar-refractivity contribution is 5.76. The van der Waals surface area contributed by atoms with Gasteiger partial charge in [-0.15, -0.1) is 0 Å². The van der Waals surface area contributed by atoms with Gasteiger partial charge in [-0.1, -0.05) is 19.3 Å². The standard InChI is InChI=1S/C13H19N3O2/c1-10-7-8-16(13(18)14-10)9-12(17)15-11-5-3-2-4-6-11/h7-8,11H,2-6,9H2,1H3,(H,15,17). The fraction of sp³-hybridized carbons (Fsp3) is 0.615. The van der Waals surface area contributed by atoms with Crippen molar-refractivity contribution in [3.05, 3.63) is 28.4 Å². The van der Waals surface area contributed by atoms with E-state index in [1.165, 1.54) is 23.8 Å². The smallest absolute Gasteiger partial charge is 0.348 e. The van der Waals surface area contributed by atoms with E-state index in [0.29, 0.717) is 5.69 Å². The van der Waals surface area contributed by atoms with E-state index in [2.05, 4.69) is 10.3 Å². The van der Waals surface area contributed by atoms with Crippen molar-refractivity contribution in [3.63, 3.8) is 0 Å². The lowest BCUT2D eigenvalue weighted by Gasteiger charge is -2.22. The fourth-order valence-electron chi connectivity index (χ4n) is 2.31. The molecule has 98 valence electrons. The number of amides is 1. The minimum atomic E-state index is -0.367. The van der Waals surface area contributed by atoms with Gasteiger partial charge in [0.25, 0.3) is 0 Å². The Morgan fingerprint density at radius 1 is 1.44 bits per heavy atom. The van der Waals surface area contributed by atoms with Crippen molar-refractivity contribution < 1.29 is 4.79 Å². The maximum absolute atomic E-state index is 11.8. The zero-order chi connectivity index (χ0) is 13.0. The summed E-state index contributed by atoms with van der Waals surface area (Å²) in [7, 11) is 0. The number of rotatable bonds is 3. The average molecular weight is 249 g/mol. The van der Waals surface area contributed by atoms with Gasteiger partial charge in [0.05, 0.1) is 0 Å². The van der Waals surface area contributed by atoms with Gasteiger partial charge in [-0.25, -0.2) is 4.79 Å². The van der Waals surface area contributed by atoms with Gasteiger partial charge in [-0.05, 0) is 25.8 Å². The molecule has 5 heteroatoms. The highest BCUT2D eigenvalue weighted by atomic mass is 16.2. The van der Waals surface area contributed by atoms with Crippen LogP contribution in [0, 0.1) is 6.92 Å². The van der Waals surface area contributed by atoms with Gasteiger partial charge in [-0.2, -0.15) is 4.98 Å². The van der Waals surface area contributed by atoms with E-state index in [-0.39, 0.29) is 24.2 Å². The summed E-state index contributed by atoms with van der Waals surface area (Å²) >= 11 is 0. The summed E-state index contributed by atoms with van der Waals surface area (Å²) in [5.41, 5.74) is 0.303. The molecule has 1 N–H and O–H groups in total. The van der Waals surface area contributed by atoms with Crippen LogP contribution in [0.5, 0.6) is 0 Å². The summed E-state index contributed by atoms with van der Waals surface area (Å²) in [5.74, 6) is -0.102. The molecular weight excluding hydrogens is 230 g/mol. The maximum Gasteiger partial charge on any atom is 0.348 e. The van der Waals surface area contributed by atoms with E-state index in [1.807, 2.05) is 0 Å². The predicted molar refractivity (Wildman–Crippen MR) is 68.2 cm³/mol. The Balaban J connectivity index is 1.92. The summed E-state index contributed by atoms with van der Waals surface area (Å²) in [5, 5.41) is 2.98. The number of nitrogens with one attached hydrogen (secondary N) is 1. The van der Waals surface area contributed by atoms with Crippen molar-refractivity contribution in [2.24, 2.45) is 0 Å². The van der Waals surface area contributed by atoms with Gasteiger partial charge in [-0.3, -0.25) is 9.36 Å². The van der Waals surface area contributed by atoms with Crippen molar-refractivity contribution in [1.29, 1.82) is 0 Å². The Labute approximate surface area is 106 Å². The SMILES string of the molecule is Cc1ccn(CC(=O)NC2CCCCC2)c(=O)n1. The predicted octanol–water partition coefficient (Wildman–Crippen LogP) is 1.00. The molecule has 5 nitrogen and oxygen atoms in total. The lowest BCUT2D eigenvalue weighted by atomic mass is 9.95. The molecule has 0 aliphatic heterocycles. The summed E-state index contributed by atoms with van der Waals surface area (Å²) in [6, 6.07) is 2.01. The molecule has 1 aromatic rings. The van der Waals surface area contributed by atoms with Crippen LogP contribution in [0.2, 0.25) is 0 Å². The van der Waals surface area contributed by atoms with E-state index in [0.717, 1.165) is 12.8 Å². The van der Waals surface area contributed by atoms with E-state index >= 15 is 0 Å². The van der Waals surface area contributed by atoms with Crippen molar-refractivity contribution in [3.8, 4) is 0 Å². The number of carbonyl (C=O) groups excluding carboxylic acids is 1. The van der Waals surface area contributed by atoms with Crippen LogP contribution in [0.25, 0.3) is 0 Å². The molecule has 1 heterocycles. The summed E-state index contributed by atoms with van der Waals surface area (Å²) in [6.45, 7) is 1.82. The van der Waals surface area contributed by atoms with Crippen LogP contribution in [0.15, 0.2) is 17.1 Å². The summed E-state index contributed by atoms with van der Waals surface area (Å²) in [6.07, 6.45) is 7.33. The molecule has 0 unspecified atom stereocenters. The Morgan fingerprint density at radius 2 is 2.17 bits per heavy atom. The molecule has 1 saturated carbocycles. The first-order valence-corrected chi connectivity index (χ1v) is 6.48. The molecule has 1 aliphatic carbocycles. The largest absolute Gasteiger partial charge is 0.352 e. The van der Waals surface area contributed by atoms with E-state index in [4.69, 9.17) is 0 Å². The molecule has 1 amide bonds. The Bertz CT molecular complexity index is 475. The zero-order valence-corrected chi connectivity index (χ0v) is 10.7. The highest BCUT2D eigenvalue weighted by Gasteiger charge is 2.15. The lowest BCUT2D eigenvalue weighted by Crippen LogP contribution is -2.40. The van der Waals surface area contributed by atoms with Crippen molar-refractivity contribution in [2.45, 2.75) is 51.6 Å². The number of aromatic nitrogens is 2. The van der Waals surface area contributed by atoms with Crippen molar-refractivity contribution >= 4 is 5.91 Å².